The zero-order valence-electron chi connectivity index (χ0n) is 6.70. The summed E-state index contributed by atoms with van der Waals surface area (Å²) >= 11 is 5.82. The fourth-order valence-electron chi connectivity index (χ4n) is 0.953. The number of halogens is 1. The van der Waals surface area contributed by atoms with Crippen molar-refractivity contribution in [2.24, 2.45) is 0 Å². The molecule has 0 aliphatic heterocycles. The number of allylic oxidation sites excluding steroid dienone is 1. The van der Waals surface area contributed by atoms with E-state index in [0.29, 0.717) is 22.4 Å². The Hall–Kier alpha value is -1.59. The van der Waals surface area contributed by atoms with Crippen molar-refractivity contribution in [2.45, 2.75) is 0 Å². The van der Waals surface area contributed by atoms with Crippen molar-refractivity contribution in [3.8, 4) is 6.07 Å². The van der Waals surface area contributed by atoms with Gasteiger partial charge in [-0.25, -0.2) is 0 Å². The van der Waals surface area contributed by atoms with Gasteiger partial charge in [-0.15, -0.1) is 0 Å². The highest BCUT2D eigenvalue weighted by Gasteiger charge is 2.01. The van der Waals surface area contributed by atoms with E-state index in [1.165, 1.54) is 12.2 Å². The normalized spacial score (nSPS) is 9.85. The second-order valence-electron chi connectivity index (χ2n) is 2.32. The zero-order valence-corrected chi connectivity index (χ0v) is 7.45. The maximum atomic E-state index is 10.6. The van der Waals surface area contributed by atoms with E-state index in [2.05, 4.69) is 0 Å². The van der Waals surface area contributed by atoms with Crippen molar-refractivity contribution >= 4 is 24.0 Å². The number of nitrogens with zero attached hydrogens (tertiary/aromatic N) is 1. The maximum Gasteiger partial charge on any atom is 0.150 e. The van der Waals surface area contributed by atoms with Gasteiger partial charge in [0.25, 0.3) is 0 Å². The summed E-state index contributed by atoms with van der Waals surface area (Å²) in [5.74, 6) is 0. The van der Waals surface area contributed by atoms with Gasteiger partial charge >= 0.3 is 0 Å². The monoisotopic (exact) mass is 191 g/mol. The molecule has 0 atom stereocenters. The van der Waals surface area contributed by atoms with Gasteiger partial charge in [0.15, 0.2) is 6.29 Å². The summed E-state index contributed by atoms with van der Waals surface area (Å²) in [5.41, 5.74) is 1.07. The van der Waals surface area contributed by atoms with Crippen molar-refractivity contribution in [3.63, 3.8) is 0 Å². The Morgan fingerprint density at radius 1 is 1.46 bits per heavy atom. The molecular weight excluding hydrogens is 186 g/mol. The summed E-state index contributed by atoms with van der Waals surface area (Å²) in [7, 11) is 0. The predicted octanol–water partition coefficient (Wildman–Crippen LogP) is 2.69. The Kier molecular flexibility index (Phi) is 3.24. The minimum atomic E-state index is 0.469. The zero-order chi connectivity index (χ0) is 9.68. The first-order valence-corrected chi connectivity index (χ1v) is 3.97. The van der Waals surface area contributed by atoms with E-state index in [-0.39, 0.29) is 0 Å². The summed E-state index contributed by atoms with van der Waals surface area (Å²) < 4.78 is 0. The molecular formula is C10H6ClNO. The number of nitriles is 1. The lowest BCUT2D eigenvalue weighted by Crippen LogP contribution is -1.86. The third kappa shape index (κ3) is 2.17. The number of carbonyl (C=O) groups is 1. The largest absolute Gasteiger partial charge is 0.298 e. The van der Waals surface area contributed by atoms with Crippen LogP contribution in [0.3, 0.4) is 0 Å². The minimum absolute atomic E-state index is 0.469. The van der Waals surface area contributed by atoms with Crippen molar-refractivity contribution in [2.75, 3.05) is 0 Å². The Balaban J connectivity index is 3.24. The molecule has 1 rings (SSSR count). The van der Waals surface area contributed by atoms with Gasteiger partial charge in [0, 0.05) is 22.2 Å². The quantitative estimate of drug-likeness (QED) is 0.533. The summed E-state index contributed by atoms with van der Waals surface area (Å²) in [5, 5.41) is 8.78. The second-order valence-corrected chi connectivity index (χ2v) is 2.73. The molecule has 0 bridgehead atoms. The molecule has 0 N–H and O–H groups in total. The first kappa shape index (κ1) is 9.50. The first-order chi connectivity index (χ1) is 6.29. The van der Waals surface area contributed by atoms with Crippen LogP contribution in [-0.2, 0) is 0 Å². The Bertz CT molecular complexity index is 390. The molecule has 0 saturated carbocycles. The van der Waals surface area contributed by atoms with E-state index >= 15 is 0 Å². The van der Waals surface area contributed by atoms with Crippen LogP contribution in [-0.4, -0.2) is 6.29 Å². The first-order valence-electron chi connectivity index (χ1n) is 3.59. The molecule has 0 amide bonds. The predicted molar refractivity (Wildman–Crippen MR) is 51.5 cm³/mol. The molecule has 0 aliphatic rings. The molecule has 1 aromatic rings. The lowest BCUT2D eigenvalue weighted by atomic mass is 10.1. The molecule has 13 heavy (non-hydrogen) atoms. The lowest BCUT2D eigenvalue weighted by molar-refractivity contribution is 0.112. The molecule has 3 heteroatoms. The summed E-state index contributed by atoms with van der Waals surface area (Å²) in [6.07, 6.45) is 3.52. The van der Waals surface area contributed by atoms with Gasteiger partial charge in [-0.05, 0) is 12.1 Å². The number of hydrogen-bond donors (Lipinski definition) is 0. The van der Waals surface area contributed by atoms with Gasteiger partial charge in [0.2, 0.25) is 0 Å². The molecule has 0 unspecified atom stereocenters. The molecule has 0 saturated heterocycles. The molecule has 0 aromatic heterocycles. The third-order valence-electron chi connectivity index (χ3n) is 1.54. The van der Waals surface area contributed by atoms with Crippen LogP contribution in [0, 0.1) is 11.3 Å². The van der Waals surface area contributed by atoms with Crippen LogP contribution in [0.15, 0.2) is 24.3 Å². The van der Waals surface area contributed by atoms with E-state index in [9.17, 15) is 4.79 Å². The number of aldehydes is 1. The van der Waals surface area contributed by atoms with Crippen LogP contribution in [0.1, 0.15) is 15.9 Å². The molecule has 64 valence electrons. The highest BCUT2D eigenvalue weighted by Crippen LogP contribution is 2.20. The number of benzene rings is 1. The standard InChI is InChI=1S/C10H6ClNO/c11-10-5-1-3-8(7-13)9(10)4-2-6-12/h1-5,7H. The number of carbonyl (C=O) groups excluding carboxylic acids is 1. The van der Waals surface area contributed by atoms with Crippen molar-refractivity contribution in [3.05, 3.63) is 40.4 Å². The van der Waals surface area contributed by atoms with Gasteiger partial charge in [-0.2, -0.15) is 5.26 Å². The maximum absolute atomic E-state index is 10.6. The molecule has 0 radical (unpaired) electrons. The van der Waals surface area contributed by atoms with Gasteiger partial charge < -0.3 is 0 Å². The van der Waals surface area contributed by atoms with Crippen LogP contribution in [0.4, 0.5) is 0 Å². The van der Waals surface area contributed by atoms with Crippen LogP contribution in [0.5, 0.6) is 0 Å². The Labute approximate surface area is 81.1 Å². The molecule has 0 heterocycles. The topological polar surface area (TPSA) is 40.9 Å². The van der Waals surface area contributed by atoms with Gasteiger partial charge in [0.1, 0.15) is 0 Å². The van der Waals surface area contributed by atoms with Gasteiger partial charge in [-0.1, -0.05) is 23.7 Å². The van der Waals surface area contributed by atoms with Gasteiger partial charge in [0.05, 0.1) is 6.07 Å². The average Bonchev–Trinajstić information content (AvgIpc) is 2.15. The fraction of sp³-hybridized carbons (Fsp3) is 0. The SMILES string of the molecule is N#CC=Cc1c(Cl)cccc1C=O. The second kappa shape index (κ2) is 4.44. The summed E-state index contributed by atoms with van der Waals surface area (Å²) in [4.78, 5) is 10.6. The molecule has 0 spiro atoms. The van der Waals surface area contributed by atoms with E-state index in [4.69, 9.17) is 16.9 Å². The number of hydrogen-bond acceptors (Lipinski definition) is 2. The number of rotatable bonds is 2. The van der Waals surface area contributed by atoms with Crippen LogP contribution in [0.2, 0.25) is 5.02 Å². The van der Waals surface area contributed by atoms with Gasteiger partial charge in [-0.3, -0.25) is 4.79 Å². The summed E-state index contributed by atoms with van der Waals surface area (Å²) in [6.45, 7) is 0. The van der Waals surface area contributed by atoms with Crippen LogP contribution >= 0.6 is 11.6 Å². The fourth-order valence-corrected chi connectivity index (χ4v) is 1.20. The molecule has 0 fully saturated rings. The van der Waals surface area contributed by atoms with E-state index in [1.54, 1.807) is 18.2 Å². The van der Waals surface area contributed by atoms with Crippen molar-refractivity contribution < 1.29 is 4.79 Å². The van der Waals surface area contributed by atoms with E-state index < -0.39 is 0 Å². The Morgan fingerprint density at radius 2 is 2.23 bits per heavy atom. The van der Waals surface area contributed by atoms with Crippen molar-refractivity contribution in [1.82, 2.24) is 0 Å². The molecule has 2 nitrogen and oxygen atoms in total. The molecule has 1 aromatic carbocycles. The average molecular weight is 192 g/mol. The van der Waals surface area contributed by atoms with E-state index in [1.807, 2.05) is 6.07 Å². The smallest absolute Gasteiger partial charge is 0.150 e. The van der Waals surface area contributed by atoms with Crippen LogP contribution in [0.25, 0.3) is 6.08 Å². The summed E-state index contributed by atoms with van der Waals surface area (Å²) in [6, 6.07) is 6.85. The lowest BCUT2D eigenvalue weighted by Gasteiger charge is -1.99. The van der Waals surface area contributed by atoms with Crippen LogP contribution < -0.4 is 0 Å². The highest BCUT2D eigenvalue weighted by atomic mass is 35.5. The van der Waals surface area contributed by atoms with E-state index in [0.717, 1.165) is 0 Å². The van der Waals surface area contributed by atoms with Crippen molar-refractivity contribution in [1.29, 1.82) is 5.26 Å². The Morgan fingerprint density at radius 3 is 2.85 bits per heavy atom. The third-order valence-corrected chi connectivity index (χ3v) is 1.87. The minimum Gasteiger partial charge on any atom is -0.298 e. The highest BCUT2D eigenvalue weighted by molar-refractivity contribution is 6.32. The molecule has 0 aliphatic carbocycles.